The number of aromatic amines is 1. The van der Waals surface area contributed by atoms with E-state index in [0.29, 0.717) is 6.54 Å². The molecule has 0 atom stereocenters. The van der Waals surface area contributed by atoms with E-state index in [1.807, 2.05) is 18.7 Å². The molecule has 1 aliphatic rings. The van der Waals surface area contributed by atoms with Gasteiger partial charge in [0.25, 0.3) is 0 Å². The highest BCUT2D eigenvalue weighted by Gasteiger charge is 2.25. The van der Waals surface area contributed by atoms with Crippen molar-refractivity contribution in [1.29, 1.82) is 0 Å². The molecule has 6 heteroatoms. The third-order valence-corrected chi connectivity index (χ3v) is 2.75. The number of nitrogens with one attached hydrogen (secondary N) is 2. The van der Waals surface area contributed by atoms with Gasteiger partial charge in [0.15, 0.2) is 0 Å². The molecule has 0 bridgehead atoms. The van der Waals surface area contributed by atoms with Crippen LogP contribution in [0.25, 0.3) is 0 Å². The lowest BCUT2D eigenvalue weighted by atomic mass is 10.1. The third kappa shape index (κ3) is 2.23. The number of aryl methyl sites for hydroxylation is 2. The molecule has 2 heterocycles. The Hall–Kier alpha value is -1.40. The monoisotopic (exact) mass is 223 g/mol. The van der Waals surface area contributed by atoms with Gasteiger partial charge in [0, 0.05) is 19.1 Å². The summed E-state index contributed by atoms with van der Waals surface area (Å²) in [4.78, 5) is 13.7. The molecule has 0 radical (unpaired) electrons. The Labute approximate surface area is 94.2 Å². The number of amides is 1. The average molecular weight is 223 g/mol. The van der Waals surface area contributed by atoms with Gasteiger partial charge in [-0.2, -0.15) is 5.10 Å². The normalized spacial score (nSPS) is 17.2. The zero-order valence-electron chi connectivity index (χ0n) is 9.58. The van der Waals surface area contributed by atoms with E-state index in [4.69, 9.17) is 5.73 Å². The van der Waals surface area contributed by atoms with E-state index in [1.54, 1.807) is 0 Å². The Balaban J connectivity index is 1.88. The number of aromatic nitrogens is 2. The summed E-state index contributed by atoms with van der Waals surface area (Å²) in [6, 6.07) is 0.227. The molecule has 1 aromatic heterocycles. The molecule has 1 fully saturated rings. The van der Waals surface area contributed by atoms with Crippen LogP contribution in [0.15, 0.2) is 0 Å². The second kappa shape index (κ2) is 4.23. The molecule has 0 saturated carbocycles. The van der Waals surface area contributed by atoms with Gasteiger partial charge in [0.05, 0.1) is 23.6 Å². The summed E-state index contributed by atoms with van der Waals surface area (Å²) in [5, 5.41) is 9.71. The Morgan fingerprint density at radius 2 is 2.31 bits per heavy atom. The third-order valence-electron chi connectivity index (χ3n) is 2.75. The van der Waals surface area contributed by atoms with E-state index in [9.17, 15) is 4.79 Å². The second-order valence-electron chi connectivity index (χ2n) is 4.31. The minimum atomic E-state index is -0.0144. The number of carbonyl (C=O) groups is 1. The lowest BCUT2D eigenvalue weighted by molar-refractivity contribution is -0.118. The van der Waals surface area contributed by atoms with Crippen LogP contribution in [0.3, 0.4) is 0 Å². The van der Waals surface area contributed by atoms with Gasteiger partial charge in [-0.25, -0.2) is 0 Å². The molecule has 0 aliphatic carbocycles. The van der Waals surface area contributed by atoms with Crippen molar-refractivity contribution >= 4 is 11.6 Å². The lowest BCUT2D eigenvalue weighted by Crippen LogP contribution is -2.57. The summed E-state index contributed by atoms with van der Waals surface area (Å²) in [5.74, 6) is -0.0144. The van der Waals surface area contributed by atoms with E-state index in [2.05, 4.69) is 15.5 Å². The van der Waals surface area contributed by atoms with Gasteiger partial charge in [-0.1, -0.05) is 0 Å². The Bertz CT molecular complexity index is 374. The molecule has 16 heavy (non-hydrogen) atoms. The summed E-state index contributed by atoms with van der Waals surface area (Å²) in [7, 11) is 0. The van der Waals surface area contributed by atoms with Crippen LogP contribution in [0, 0.1) is 13.8 Å². The van der Waals surface area contributed by atoms with Crippen molar-refractivity contribution in [3.8, 4) is 0 Å². The first kappa shape index (κ1) is 11.1. The molecule has 1 saturated heterocycles. The van der Waals surface area contributed by atoms with Crippen LogP contribution in [0.5, 0.6) is 0 Å². The zero-order valence-corrected chi connectivity index (χ0v) is 9.58. The number of anilines is 1. The predicted molar refractivity (Wildman–Crippen MR) is 61.1 cm³/mol. The Kier molecular flexibility index (Phi) is 2.93. The van der Waals surface area contributed by atoms with Crippen LogP contribution in [-0.2, 0) is 4.79 Å². The van der Waals surface area contributed by atoms with Crippen molar-refractivity contribution in [3.63, 3.8) is 0 Å². The summed E-state index contributed by atoms with van der Waals surface area (Å²) in [6.07, 6.45) is 0. The number of H-pyrrole nitrogens is 1. The topological polar surface area (TPSA) is 87.0 Å². The fourth-order valence-corrected chi connectivity index (χ4v) is 1.86. The van der Waals surface area contributed by atoms with Crippen LogP contribution >= 0.6 is 0 Å². The molecule has 0 spiro atoms. The van der Waals surface area contributed by atoms with Crippen LogP contribution in [-0.4, -0.2) is 46.7 Å². The fraction of sp³-hybridized carbons (Fsp3) is 0.600. The van der Waals surface area contributed by atoms with Gasteiger partial charge < -0.3 is 11.1 Å². The summed E-state index contributed by atoms with van der Waals surface area (Å²) in [6.45, 7) is 5.75. The van der Waals surface area contributed by atoms with Gasteiger partial charge in [-0.05, 0) is 13.8 Å². The number of carbonyl (C=O) groups excluding carboxylic acids is 1. The molecule has 1 amide bonds. The van der Waals surface area contributed by atoms with Crippen molar-refractivity contribution in [2.75, 3.05) is 25.0 Å². The molecule has 1 aliphatic heterocycles. The first-order valence-corrected chi connectivity index (χ1v) is 5.35. The number of hydrogen-bond acceptors (Lipinski definition) is 4. The van der Waals surface area contributed by atoms with Crippen LogP contribution < -0.4 is 11.1 Å². The second-order valence-corrected chi connectivity index (χ2v) is 4.31. The smallest absolute Gasteiger partial charge is 0.238 e. The molecule has 4 N–H and O–H groups in total. The molecule has 1 aromatic rings. The van der Waals surface area contributed by atoms with E-state index in [0.717, 1.165) is 30.2 Å². The van der Waals surface area contributed by atoms with Gasteiger partial charge >= 0.3 is 0 Å². The van der Waals surface area contributed by atoms with E-state index >= 15 is 0 Å². The number of nitrogens with two attached hydrogens (primary N) is 1. The predicted octanol–water partition coefficient (Wildman–Crippen LogP) is -0.392. The summed E-state index contributed by atoms with van der Waals surface area (Å²) in [5.41, 5.74) is 8.12. The average Bonchev–Trinajstić information content (AvgIpc) is 2.47. The minimum Gasteiger partial charge on any atom is -0.325 e. The molecule has 88 valence electrons. The maximum Gasteiger partial charge on any atom is 0.238 e. The standard InChI is InChI=1S/C10H17N5O/c1-6-10(7(2)14-13-6)12-9(16)5-15-3-8(11)4-15/h8H,3-5,11H2,1-2H3,(H,12,16)(H,13,14). The highest BCUT2D eigenvalue weighted by molar-refractivity contribution is 5.93. The number of nitrogens with zero attached hydrogens (tertiary/aromatic N) is 2. The fourth-order valence-electron chi connectivity index (χ4n) is 1.86. The van der Waals surface area contributed by atoms with Gasteiger partial charge in [-0.15, -0.1) is 0 Å². The lowest BCUT2D eigenvalue weighted by Gasteiger charge is -2.36. The Morgan fingerprint density at radius 3 is 2.81 bits per heavy atom. The maximum absolute atomic E-state index is 11.7. The van der Waals surface area contributed by atoms with E-state index in [-0.39, 0.29) is 11.9 Å². The Morgan fingerprint density at radius 1 is 1.62 bits per heavy atom. The molecule has 0 unspecified atom stereocenters. The number of likely N-dealkylation sites (tertiary alicyclic amines) is 1. The molecule has 6 nitrogen and oxygen atoms in total. The van der Waals surface area contributed by atoms with E-state index in [1.165, 1.54) is 0 Å². The van der Waals surface area contributed by atoms with Gasteiger partial charge in [0.2, 0.25) is 5.91 Å². The SMILES string of the molecule is Cc1n[nH]c(C)c1NC(=O)CN1CC(N)C1. The van der Waals surface area contributed by atoms with Crippen molar-refractivity contribution in [3.05, 3.63) is 11.4 Å². The minimum absolute atomic E-state index is 0.0144. The van der Waals surface area contributed by atoms with Crippen LogP contribution in [0.2, 0.25) is 0 Å². The van der Waals surface area contributed by atoms with Crippen LogP contribution in [0.4, 0.5) is 5.69 Å². The van der Waals surface area contributed by atoms with Gasteiger partial charge in [0.1, 0.15) is 0 Å². The number of rotatable bonds is 3. The quantitative estimate of drug-likeness (QED) is 0.651. The van der Waals surface area contributed by atoms with Crippen molar-refractivity contribution in [2.24, 2.45) is 5.73 Å². The van der Waals surface area contributed by atoms with E-state index < -0.39 is 0 Å². The first-order valence-electron chi connectivity index (χ1n) is 5.35. The molecule has 0 aromatic carbocycles. The van der Waals surface area contributed by atoms with Gasteiger partial charge in [-0.3, -0.25) is 14.8 Å². The molecular formula is C10H17N5O. The van der Waals surface area contributed by atoms with Crippen molar-refractivity contribution < 1.29 is 4.79 Å². The molecule has 2 rings (SSSR count). The van der Waals surface area contributed by atoms with Crippen molar-refractivity contribution in [1.82, 2.24) is 15.1 Å². The molecular weight excluding hydrogens is 206 g/mol. The zero-order chi connectivity index (χ0) is 11.7. The maximum atomic E-state index is 11.7. The van der Waals surface area contributed by atoms with Crippen LogP contribution in [0.1, 0.15) is 11.4 Å². The highest BCUT2D eigenvalue weighted by Crippen LogP contribution is 2.16. The first-order chi connectivity index (χ1) is 7.56. The summed E-state index contributed by atoms with van der Waals surface area (Å²) < 4.78 is 0. The largest absolute Gasteiger partial charge is 0.325 e. The highest BCUT2D eigenvalue weighted by atomic mass is 16.2. The number of hydrogen-bond donors (Lipinski definition) is 3. The van der Waals surface area contributed by atoms with Crippen molar-refractivity contribution in [2.45, 2.75) is 19.9 Å². The summed E-state index contributed by atoms with van der Waals surface area (Å²) >= 11 is 0.